The van der Waals surface area contributed by atoms with Gasteiger partial charge in [-0.3, -0.25) is 4.79 Å². The Balaban J connectivity index is 2.04. The Morgan fingerprint density at radius 1 is 1.18 bits per heavy atom. The summed E-state index contributed by atoms with van der Waals surface area (Å²) in [5.41, 5.74) is 6.40. The van der Waals surface area contributed by atoms with Crippen LogP contribution in [0.1, 0.15) is 29.3 Å². The van der Waals surface area contributed by atoms with Gasteiger partial charge < -0.3 is 10.8 Å². The highest BCUT2D eigenvalue weighted by molar-refractivity contribution is 6.01. The number of hydrogen-bond acceptors (Lipinski definition) is 4. The van der Waals surface area contributed by atoms with Gasteiger partial charge in [-0.15, -0.1) is 0 Å². The second-order valence-electron chi connectivity index (χ2n) is 5.40. The van der Waals surface area contributed by atoms with Crippen molar-refractivity contribution in [3.8, 4) is 0 Å². The predicted molar refractivity (Wildman–Crippen MR) is 85.1 cm³/mol. The van der Waals surface area contributed by atoms with E-state index in [0.29, 0.717) is 22.5 Å². The third kappa shape index (κ3) is 2.25. The average molecular weight is 295 g/mol. The summed E-state index contributed by atoms with van der Waals surface area (Å²) in [4.78, 5) is 12.8. The number of amides is 1. The minimum absolute atomic E-state index is 0.273. The van der Waals surface area contributed by atoms with E-state index >= 15 is 0 Å². The molecule has 1 heterocycles. The molecule has 1 aliphatic rings. The summed E-state index contributed by atoms with van der Waals surface area (Å²) in [5, 5.41) is 16.4. The molecule has 5 nitrogen and oxygen atoms in total. The van der Waals surface area contributed by atoms with Crippen LogP contribution in [-0.2, 0) is 5.72 Å². The summed E-state index contributed by atoms with van der Waals surface area (Å²) in [6.45, 7) is 1.79. The van der Waals surface area contributed by atoms with Gasteiger partial charge in [0.25, 0.3) is 5.91 Å². The first kappa shape index (κ1) is 14.3. The molecular formula is C17H17N3O2. The Morgan fingerprint density at radius 2 is 1.82 bits per heavy atom. The molecule has 3 rings (SSSR count). The van der Waals surface area contributed by atoms with Crippen LogP contribution < -0.4 is 5.73 Å². The van der Waals surface area contributed by atoms with Crippen LogP contribution in [0.25, 0.3) is 0 Å². The number of anilines is 1. The minimum Gasteiger partial charge on any atom is -0.398 e. The van der Waals surface area contributed by atoms with E-state index in [1.165, 1.54) is 0 Å². The zero-order valence-electron chi connectivity index (χ0n) is 12.2. The fourth-order valence-corrected chi connectivity index (χ4v) is 2.67. The molecule has 0 spiro atoms. The zero-order valence-corrected chi connectivity index (χ0v) is 12.2. The smallest absolute Gasteiger partial charge is 0.279 e. The van der Waals surface area contributed by atoms with E-state index in [0.717, 1.165) is 5.01 Å². The van der Waals surface area contributed by atoms with Gasteiger partial charge in [-0.05, 0) is 19.1 Å². The van der Waals surface area contributed by atoms with Gasteiger partial charge in [0, 0.05) is 23.4 Å². The second-order valence-corrected chi connectivity index (χ2v) is 5.40. The fourth-order valence-electron chi connectivity index (χ4n) is 2.67. The Kier molecular flexibility index (Phi) is 3.42. The lowest BCUT2D eigenvalue weighted by Crippen LogP contribution is -2.43. The van der Waals surface area contributed by atoms with Gasteiger partial charge in [0.05, 0.1) is 5.56 Å². The Labute approximate surface area is 128 Å². The van der Waals surface area contributed by atoms with Gasteiger partial charge >= 0.3 is 0 Å². The number of nitrogen functional groups attached to an aromatic ring is 1. The molecule has 3 N–H and O–H groups in total. The van der Waals surface area contributed by atoms with Gasteiger partial charge in [-0.25, -0.2) is 0 Å². The summed E-state index contributed by atoms with van der Waals surface area (Å²) in [5.74, 6) is -0.415. The lowest BCUT2D eigenvalue weighted by molar-refractivity contribution is -0.0764. The van der Waals surface area contributed by atoms with Crippen LogP contribution >= 0.6 is 0 Å². The van der Waals surface area contributed by atoms with Crippen molar-refractivity contribution in [3.05, 3.63) is 65.7 Å². The quantitative estimate of drug-likeness (QED) is 0.835. The molecule has 0 radical (unpaired) electrons. The molecule has 2 aromatic rings. The van der Waals surface area contributed by atoms with Crippen molar-refractivity contribution in [3.63, 3.8) is 0 Å². The summed E-state index contributed by atoms with van der Waals surface area (Å²) in [7, 11) is 0. The van der Waals surface area contributed by atoms with Crippen molar-refractivity contribution >= 4 is 17.3 Å². The SMILES string of the molecule is CC1=NN(C(=O)c2ccccc2N)[C@](O)(c2ccccc2)C1. The molecule has 0 aliphatic carbocycles. The third-order valence-electron chi connectivity index (χ3n) is 3.74. The lowest BCUT2D eigenvalue weighted by Gasteiger charge is -2.31. The first-order valence-corrected chi connectivity index (χ1v) is 7.03. The summed E-state index contributed by atoms with van der Waals surface area (Å²) < 4.78 is 0. The van der Waals surface area contributed by atoms with Crippen molar-refractivity contribution in [2.45, 2.75) is 19.1 Å². The van der Waals surface area contributed by atoms with Crippen LogP contribution in [-0.4, -0.2) is 21.7 Å². The number of aliphatic hydroxyl groups is 1. The standard InChI is InChI=1S/C17H17N3O2/c1-12-11-17(22,13-7-3-2-4-8-13)20(19-12)16(21)14-9-5-6-10-15(14)18/h2-10,22H,11,18H2,1H3/t17-/m1/s1. The molecule has 1 amide bonds. The monoisotopic (exact) mass is 295 g/mol. The number of benzene rings is 2. The molecule has 0 bridgehead atoms. The number of nitrogens with zero attached hydrogens (tertiary/aromatic N) is 2. The fraction of sp³-hybridized carbons (Fsp3) is 0.176. The molecule has 1 aliphatic heterocycles. The number of nitrogens with two attached hydrogens (primary N) is 1. The van der Waals surface area contributed by atoms with Gasteiger partial charge in [0.1, 0.15) is 0 Å². The number of carbonyl (C=O) groups excluding carboxylic acids is 1. The second kappa shape index (κ2) is 5.27. The molecule has 0 saturated heterocycles. The average Bonchev–Trinajstić information content (AvgIpc) is 2.84. The molecule has 2 aromatic carbocycles. The highest BCUT2D eigenvalue weighted by Crippen LogP contribution is 2.36. The van der Waals surface area contributed by atoms with E-state index < -0.39 is 11.6 Å². The Morgan fingerprint density at radius 3 is 2.50 bits per heavy atom. The Hall–Kier alpha value is -2.66. The number of para-hydroxylation sites is 1. The molecule has 0 saturated carbocycles. The van der Waals surface area contributed by atoms with Crippen LogP contribution in [0.5, 0.6) is 0 Å². The van der Waals surface area contributed by atoms with Crippen molar-refractivity contribution in [1.29, 1.82) is 0 Å². The maximum atomic E-state index is 12.8. The van der Waals surface area contributed by atoms with E-state index in [1.54, 1.807) is 43.3 Å². The van der Waals surface area contributed by atoms with E-state index in [4.69, 9.17) is 5.73 Å². The number of rotatable bonds is 2. The highest BCUT2D eigenvalue weighted by Gasteiger charge is 2.45. The van der Waals surface area contributed by atoms with Gasteiger partial charge in [0.15, 0.2) is 5.72 Å². The van der Waals surface area contributed by atoms with E-state index in [1.807, 2.05) is 18.2 Å². The molecule has 22 heavy (non-hydrogen) atoms. The summed E-state index contributed by atoms with van der Waals surface area (Å²) >= 11 is 0. The van der Waals surface area contributed by atoms with Crippen molar-refractivity contribution in [2.24, 2.45) is 5.10 Å². The first-order chi connectivity index (χ1) is 10.5. The molecule has 0 unspecified atom stereocenters. The van der Waals surface area contributed by atoms with Crippen LogP contribution in [0.4, 0.5) is 5.69 Å². The van der Waals surface area contributed by atoms with Crippen LogP contribution in [0.15, 0.2) is 59.7 Å². The van der Waals surface area contributed by atoms with Crippen LogP contribution in [0.3, 0.4) is 0 Å². The van der Waals surface area contributed by atoms with Gasteiger partial charge in [-0.1, -0.05) is 42.5 Å². The van der Waals surface area contributed by atoms with E-state index in [2.05, 4.69) is 5.10 Å². The van der Waals surface area contributed by atoms with Gasteiger partial charge in [0.2, 0.25) is 0 Å². The third-order valence-corrected chi connectivity index (χ3v) is 3.74. The van der Waals surface area contributed by atoms with E-state index in [-0.39, 0.29) is 6.42 Å². The normalized spacial score (nSPS) is 20.8. The highest BCUT2D eigenvalue weighted by atomic mass is 16.3. The maximum Gasteiger partial charge on any atom is 0.279 e. The molecule has 1 atom stereocenters. The maximum absolute atomic E-state index is 12.8. The predicted octanol–water partition coefficient (Wildman–Crippen LogP) is 2.34. The largest absolute Gasteiger partial charge is 0.398 e. The molecule has 0 fully saturated rings. The minimum atomic E-state index is -1.48. The van der Waals surface area contributed by atoms with Crippen LogP contribution in [0, 0.1) is 0 Å². The Bertz CT molecular complexity index is 743. The van der Waals surface area contributed by atoms with Crippen molar-refractivity contribution in [2.75, 3.05) is 5.73 Å². The zero-order chi connectivity index (χ0) is 15.7. The van der Waals surface area contributed by atoms with Crippen molar-refractivity contribution in [1.82, 2.24) is 5.01 Å². The molecule has 0 aromatic heterocycles. The topological polar surface area (TPSA) is 78.9 Å². The lowest BCUT2D eigenvalue weighted by atomic mass is 9.97. The number of hydrazone groups is 1. The number of hydrogen-bond donors (Lipinski definition) is 2. The molecule has 112 valence electrons. The molecular weight excluding hydrogens is 278 g/mol. The summed E-state index contributed by atoms with van der Waals surface area (Å²) in [6, 6.07) is 15.8. The van der Waals surface area contributed by atoms with E-state index in [9.17, 15) is 9.90 Å². The van der Waals surface area contributed by atoms with Gasteiger partial charge in [-0.2, -0.15) is 10.1 Å². The summed E-state index contributed by atoms with van der Waals surface area (Å²) in [6.07, 6.45) is 0.273. The van der Waals surface area contributed by atoms with Crippen molar-refractivity contribution < 1.29 is 9.90 Å². The molecule has 5 heteroatoms. The first-order valence-electron chi connectivity index (χ1n) is 7.03. The van der Waals surface area contributed by atoms with Crippen LogP contribution in [0.2, 0.25) is 0 Å². The number of carbonyl (C=O) groups is 1.